The average molecular weight is 675 g/mol. The Bertz CT molecular complexity index is 2390. The van der Waals surface area contributed by atoms with Crippen LogP contribution in [0.5, 0.6) is 0 Å². The zero-order chi connectivity index (χ0) is 36.2. The van der Waals surface area contributed by atoms with E-state index in [4.69, 9.17) is 0 Å². The van der Waals surface area contributed by atoms with Crippen molar-refractivity contribution in [1.29, 1.82) is 0 Å². The molecule has 0 amide bonds. The van der Waals surface area contributed by atoms with Crippen molar-refractivity contribution in [3.63, 3.8) is 0 Å². The van der Waals surface area contributed by atoms with Gasteiger partial charge in [0.05, 0.1) is 0 Å². The molecular formula is C52H50. The van der Waals surface area contributed by atoms with Gasteiger partial charge in [0, 0.05) is 17.8 Å². The van der Waals surface area contributed by atoms with E-state index in [2.05, 4.69) is 153 Å². The van der Waals surface area contributed by atoms with E-state index in [1.165, 1.54) is 122 Å². The monoisotopic (exact) mass is 674 g/mol. The summed E-state index contributed by atoms with van der Waals surface area (Å²) in [5.41, 5.74) is 31.4. The highest BCUT2D eigenvalue weighted by Crippen LogP contribution is 2.50. The van der Waals surface area contributed by atoms with E-state index in [0.29, 0.717) is 5.92 Å². The lowest BCUT2D eigenvalue weighted by molar-refractivity contribution is 0.813. The molecule has 9 rings (SSSR count). The van der Waals surface area contributed by atoms with Gasteiger partial charge in [0.15, 0.2) is 0 Å². The van der Waals surface area contributed by atoms with Crippen LogP contribution in [0, 0.1) is 55.4 Å². The maximum atomic E-state index is 4.34. The van der Waals surface area contributed by atoms with Gasteiger partial charge in [-0.25, -0.2) is 0 Å². The summed E-state index contributed by atoms with van der Waals surface area (Å²) < 4.78 is 0. The number of fused-ring (bicyclic) bond motifs is 7. The number of hydrogen-bond donors (Lipinski definition) is 0. The first-order valence-corrected chi connectivity index (χ1v) is 19.3. The van der Waals surface area contributed by atoms with Gasteiger partial charge < -0.3 is 0 Å². The van der Waals surface area contributed by atoms with E-state index in [1.807, 2.05) is 0 Å². The zero-order valence-corrected chi connectivity index (χ0v) is 32.2. The van der Waals surface area contributed by atoms with Crippen LogP contribution in [0.1, 0.15) is 129 Å². The van der Waals surface area contributed by atoms with Gasteiger partial charge in [-0.3, -0.25) is 0 Å². The van der Waals surface area contributed by atoms with Crippen LogP contribution in [0.2, 0.25) is 0 Å². The summed E-state index contributed by atoms with van der Waals surface area (Å²) in [6, 6.07) is 34.3. The molecule has 3 aliphatic carbocycles. The summed E-state index contributed by atoms with van der Waals surface area (Å²) in [6.45, 7) is 22.6. The number of benzene rings is 6. The van der Waals surface area contributed by atoms with Crippen molar-refractivity contribution in [1.82, 2.24) is 0 Å². The van der Waals surface area contributed by atoms with Crippen LogP contribution in [0.3, 0.4) is 0 Å². The summed E-state index contributed by atoms with van der Waals surface area (Å²) in [5.74, 6) is 0.714. The molecule has 0 heterocycles. The second-order valence-electron chi connectivity index (χ2n) is 16.6. The molecule has 0 heteroatoms. The van der Waals surface area contributed by atoms with Gasteiger partial charge in [0.2, 0.25) is 0 Å². The van der Waals surface area contributed by atoms with Crippen molar-refractivity contribution in [3.05, 3.63) is 209 Å². The lowest BCUT2D eigenvalue weighted by Crippen LogP contribution is -2.20. The Kier molecular flexibility index (Phi) is 7.64. The highest BCUT2D eigenvalue weighted by atomic mass is 14.4. The number of rotatable bonds is 3. The minimum atomic E-state index is 0.204. The number of aryl methyl sites for hydroxylation is 8. The predicted octanol–water partition coefficient (Wildman–Crippen LogP) is 12.8. The largest absolute Gasteiger partial charge is 0.102 e. The molecule has 0 fully saturated rings. The second kappa shape index (κ2) is 12.1. The van der Waals surface area contributed by atoms with Crippen LogP contribution >= 0.6 is 0 Å². The van der Waals surface area contributed by atoms with Crippen LogP contribution in [0.4, 0.5) is 0 Å². The molecule has 6 aromatic rings. The van der Waals surface area contributed by atoms with E-state index < -0.39 is 0 Å². The third kappa shape index (κ3) is 5.09. The Hall–Kier alpha value is -4.94. The van der Waals surface area contributed by atoms with Crippen LogP contribution < -0.4 is 0 Å². The molecule has 3 aliphatic rings. The second-order valence-corrected chi connectivity index (χ2v) is 16.6. The highest BCUT2D eigenvalue weighted by molar-refractivity contribution is 5.78. The van der Waals surface area contributed by atoms with E-state index in [1.54, 1.807) is 0 Å². The van der Waals surface area contributed by atoms with Gasteiger partial charge in [-0.2, -0.15) is 0 Å². The first kappa shape index (κ1) is 32.9. The Morgan fingerprint density at radius 2 is 0.827 bits per heavy atom. The quantitative estimate of drug-likeness (QED) is 0.164. The Balaban J connectivity index is 1.27. The van der Waals surface area contributed by atoms with Crippen LogP contribution in [-0.2, 0) is 19.3 Å². The summed E-state index contributed by atoms with van der Waals surface area (Å²) >= 11 is 0. The molecular weight excluding hydrogens is 625 g/mol. The third-order valence-electron chi connectivity index (χ3n) is 12.7. The van der Waals surface area contributed by atoms with Gasteiger partial charge in [-0.1, -0.05) is 101 Å². The summed E-state index contributed by atoms with van der Waals surface area (Å²) in [6.07, 6.45) is 5.17. The van der Waals surface area contributed by atoms with Crippen LogP contribution in [0.25, 0.3) is 11.1 Å². The Morgan fingerprint density at radius 1 is 0.442 bits per heavy atom. The van der Waals surface area contributed by atoms with Gasteiger partial charge >= 0.3 is 0 Å². The molecule has 1 atom stereocenters. The lowest BCUT2D eigenvalue weighted by Gasteiger charge is -2.35. The van der Waals surface area contributed by atoms with E-state index in [9.17, 15) is 0 Å². The van der Waals surface area contributed by atoms with Gasteiger partial charge in [-0.15, -0.1) is 6.58 Å². The predicted molar refractivity (Wildman–Crippen MR) is 220 cm³/mol. The summed E-state index contributed by atoms with van der Waals surface area (Å²) in [4.78, 5) is 0. The highest BCUT2D eigenvalue weighted by Gasteiger charge is 2.34. The summed E-state index contributed by atoms with van der Waals surface area (Å²) in [5, 5.41) is 0. The van der Waals surface area contributed by atoms with Crippen molar-refractivity contribution in [3.8, 4) is 11.1 Å². The van der Waals surface area contributed by atoms with Crippen molar-refractivity contribution in [2.45, 2.75) is 92.4 Å². The SMILES string of the molecule is C=CC1Cc2ccc(C3c4c(C)cc(C)cc4Cc4cc(C)cc(C)c43)cc2-c2cc(C3c4c(C)cc(C)cc4Cc4cc(C)cc(C)c43)ccc21. The molecule has 0 nitrogen and oxygen atoms in total. The molecule has 1 unspecified atom stereocenters. The first-order chi connectivity index (χ1) is 25.0. The molecule has 0 aliphatic heterocycles. The standard InChI is InChI=1S/C52H50/c1-10-36-23-37-11-12-38(51-47-32(6)15-28(2)19-40(47)24-41-20-29(3)16-33(7)48(41)51)26-45(37)46-27-39(13-14-44(36)46)52-49-34(8)17-30(4)21-42(49)25-43-22-31(5)18-35(9)50(43)52/h10-22,26-27,36,51-52H,1,23-25H2,2-9H3. The molecule has 0 saturated heterocycles. The molecule has 0 N–H and O–H groups in total. The Morgan fingerprint density at radius 3 is 1.23 bits per heavy atom. The van der Waals surface area contributed by atoms with Crippen LogP contribution in [-0.4, -0.2) is 0 Å². The fourth-order valence-corrected chi connectivity index (χ4v) is 10.9. The molecule has 52 heavy (non-hydrogen) atoms. The van der Waals surface area contributed by atoms with Gasteiger partial charge in [0.25, 0.3) is 0 Å². The maximum absolute atomic E-state index is 4.34. The first-order valence-electron chi connectivity index (χ1n) is 19.3. The van der Waals surface area contributed by atoms with E-state index in [-0.39, 0.29) is 11.8 Å². The fraction of sp³-hybridized carbons (Fsp3) is 0.269. The maximum Gasteiger partial charge on any atom is 0.0351 e. The molecule has 0 spiro atoms. The Labute approximate surface area is 311 Å². The van der Waals surface area contributed by atoms with Crippen molar-refractivity contribution >= 4 is 0 Å². The fourth-order valence-electron chi connectivity index (χ4n) is 10.9. The zero-order valence-electron chi connectivity index (χ0n) is 32.2. The normalized spacial score (nSPS) is 16.0. The molecule has 6 aromatic carbocycles. The topological polar surface area (TPSA) is 0 Å². The number of hydrogen-bond acceptors (Lipinski definition) is 0. The average Bonchev–Trinajstić information content (AvgIpc) is 3.08. The molecule has 0 bridgehead atoms. The molecule has 0 aromatic heterocycles. The van der Waals surface area contributed by atoms with Gasteiger partial charge in [-0.05, 0) is 187 Å². The van der Waals surface area contributed by atoms with Crippen molar-refractivity contribution < 1.29 is 0 Å². The lowest BCUT2D eigenvalue weighted by atomic mass is 9.68. The van der Waals surface area contributed by atoms with Crippen molar-refractivity contribution in [2.75, 3.05) is 0 Å². The van der Waals surface area contributed by atoms with Gasteiger partial charge in [0.1, 0.15) is 0 Å². The van der Waals surface area contributed by atoms with Crippen LogP contribution in [0.15, 0.2) is 97.6 Å². The number of allylic oxidation sites excluding steroid dienone is 1. The molecule has 0 saturated carbocycles. The van der Waals surface area contributed by atoms with E-state index in [0.717, 1.165) is 19.3 Å². The molecule has 258 valence electrons. The summed E-state index contributed by atoms with van der Waals surface area (Å²) in [7, 11) is 0. The third-order valence-corrected chi connectivity index (χ3v) is 12.7. The molecule has 0 radical (unpaired) electrons. The minimum absolute atomic E-state index is 0.204. The minimum Gasteiger partial charge on any atom is -0.102 e. The van der Waals surface area contributed by atoms with Crippen molar-refractivity contribution in [2.24, 2.45) is 0 Å². The van der Waals surface area contributed by atoms with E-state index >= 15 is 0 Å². The smallest absolute Gasteiger partial charge is 0.0351 e.